The molecule has 1 atom stereocenters. The van der Waals surface area contributed by atoms with E-state index in [9.17, 15) is 4.79 Å². The Balaban J connectivity index is 1.37. The molecule has 3 heterocycles. The number of urea groups is 1. The van der Waals surface area contributed by atoms with E-state index in [4.69, 9.17) is 0 Å². The van der Waals surface area contributed by atoms with E-state index < -0.39 is 0 Å². The van der Waals surface area contributed by atoms with Crippen molar-refractivity contribution < 1.29 is 4.79 Å². The van der Waals surface area contributed by atoms with Crippen LogP contribution in [-0.4, -0.2) is 44.0 Å². The van der Waals surface area contributed by atoms with Crippen molar-refractivity contribution >= 4 is 11.7 Å². The molecule has 1 aliphatic heterocycles. The predicted molar refractivity (Wildman–Crippen MR) is 108 cm³/mol. The van der Waals surface area contributed by atoms with Gasteiger partial charge in [-0.1, -0.05) is 23.4 Å². The number of pyridine rings is 1. The van der Waals surface area contributed by atoms with Crippen LogP contribution in [0.2, 0.25) is 0 Å². The van der Waals surface area contributed by atoms with Crippen molar-refractivity contribution in [2.24, 2.45) is 5.92 Å². The van der Waals surface area contributed by atoms with Gasteiger partial charge in [-0.05, 0) is 49.4 Å². The maximum absolute atomic E-state index is 12.7. The van der Waals surface area contributed by atoms with Gasteiger partial charge in [0.05, 0.1) is 6.20 Å². The molecule has 0 aliphatic carbocycles. The van der Waals surface area contributed by atoms with Crippen LogP contribution in [0.4, 0.5) is 10.5 Å². The van der Waals surface area contributed by atoms with Gasteiger partial charge in [0.15, 0.2) is 0 Å². The number of anilines is 1. The fourth-order valence-corrected chi connectivity index (χ4v) is 3.60. The molecule has 144 valence electrons. The van der Waals surface area contributed by atoms with E-state index >= 15 is 0 Å². The zero-order valence-corrected chi connectivity index (χ0v) is 16.0. The number of amides is 2. The minimum absolute atomic E-state index is 0.0337. The van der Waals surface area contributed by atoms with Crippen LogP contribution < -0.4 is 5.32 Å². The summed E-state index contributed by atoms with van der Waals surface area (Å²) in [5, 5.41) is 11.5. The topological polar surface area (TPSA) is 75.9 Å². The quantitative estimate of drug-likeness (QED) is 0.755. The number of benzene rings is 1. The molecule has 1 fully saturated rings. The Hall–Kier alpha value is -3.22. The molecule has 1 saturated heterocycles. The Morgan fingerprint density at radius 2 is 2.14 bits per heavy atom. The molecule has 1 aromatic carbocycles. The highest BCUT2D eigenvalue weighted by Crippen LogP contribution is 2.21. The Bertz CT molecular complexity index is 939. The summed E-state index contributed by atoms with van der Waals surface area (Å²) in [6.45, 7) is 4.26. The van der Waals surface area contributed by atoms with Crippen molar-refractivity contribution in [3.05, 3.63) is 60.6 Å². The lowest BCUT2D eigenvalue weighted by Crippen LogP contribution is -2.43. The van der Waals surface area contributed by atoms with Crippen molar-refractivity contribution in [3.8, 4) is 11.3 Å². The van der Waals surface area contributed by atoms with Gasteiger partial charge < -0.3 is 10.2 Å². The maximum atomic E-state index is 12.7. The van der Waals surface area contributed by atoms with Gasteiger partial charge in [-0.15, -0.1) is 5.10 Å². The molecule has 7 heteroatoms. The second-order valence-corrected chi connectivity index (χ2v) is 7.27. The number of para-hydroxylation sites is 1. The predicted octanol–water partition coefficient (Wildman–Crippen LogP) is 3.59. The summed E-state index contributed by atoms with van der Waals surface area (Å²) in [5.74, 6) is 0.361. The number of piperidine rings is 1. The second kappa shape index (κ2) is 8.21. The molecule has 7 nitrogen and oxygen atoms in total. The van der Waals surface area contributed by atoms with E-state index in [0.717, 1.165) is 55.0 Å². The first-order valence-corrected chi connectivity index (χ1v) is 9.61. The van der Waals surface area contributed by atoms with E-state index in [2.05, 4.69) is 20.6 Å². The molecule has 2 amide bonds. The summed E-state index contributed by atoms with van der Waals surface area (Å²) in [6, 6.07) is 11.7. The SMILES string of the molecule is Cc1ccccc1NC(=O)N1CCC[C@@H](Cn2cc(-c3cccnc3)nn2)C1. The monoisotopic (exact) mass is 376 g/mol. The number of nitrogens with one attached hydrogen (secondary N) is 1. The van der Waals surface area contributed by atoms with E-state index in [0.29, 0.717) is 5.92 Å². The largest absolute Gasteiger partial charge is 0.324 e. The fourth-order valence-electron chi connectivity index (χ4n) is 3.60. The summed E-state index contributed by atoms with van der Waals surface area (Å²) in [7, 11) is 0. The Kier molecular flexibility index (Phi) is 5.32. The standard InChI is InChI=1S/C21H24N6O/c1-16-6-2-3-9-19(16)23-21(28)26-11-5-7-17(13-26)14-27-15-20(24-25-27)18-8-4-10-22-12-18/h2-4,6,8-10,12,15,17H,5,7,11,13-14H2,1H3,(H,23,28)/t17-/m1/s1. The van der Waals surface area contributed by atoms with Crippen molar-refractivity contribution in [2.45, 2.75) is 26.3 Å². The molecular formula is C21H24N6O. The van der Waals surface area contributed by atoms with Crippen LogP contribution in [0.1, 0.15) is 18.4 Å². The second-order valence-electron chi connectivity index (χ2n) is 7.27. The van der Waals surface area contributed by atoms with Crippen LogP contribution in [-0.2, 0) is 6.54 Å². The number of carbonyl (C=O) groups excluding carboxylic acids is 1. The number of likely N-dealkylation sites (tertiary alicyclic amines) is 1. The Labute approximate surface area is 164 Å². The molecule has 0 spiro atoms. The number of aromatic nitrogens is 4. The number of hydrogen-bond acceptors (Lipinski definition) is 4. The van der Waals surface area contributed by atoms with Gasteiger partial charge in [-0.2, -0.15) is 0 Å². The maximum Gasteiger partial charge on any atom is 0.321 e. The van der Waals surface area contributed by atoms with Crippen LogP contribution in [0.15, 0.2) is 55.0 Å². The number of hydrogen-bond donors (Lipinski definition) is 1. The third-order valence-corrected chi connectivity index (χ3v) is 5.13. The van der Waals surface area contributed by atoms with Crippen LogP contribution in [0.25, 0.3) is 11.3 Å². The van der Waals surface area contributed by atoms with E-state index in [1.54, 1.807) is 12.4 Å². The van der Waals surface area contributed by atoms with Gasteiger partial charge in [0, 0.05) is 43.3 Å². The lowest BCUT2D eigenvalue weighted by atomic mass is 9.98. The van der Waals surface area contributed by atoms with Crippen molar-refractivity contribution in [2.75, 3.05) is 18.4 Å². The summed E-state index contributed by atoms with van der Waals surface area (Å²) in [6.07, 6.45) is 7.55. The van der Waals surface area contributed by atoms with E-state index in [1.807, 2.05) is 59.1 Å². The van der Waals surface area contributed by atoms with Crippen LogP contribution in [0.3, 0.4) is 0 Å². The number of carbonyl (C=O) groups is 1. The molecule has 0 unspecified atom stereocenters. The average molecular weight is 376 g/mol. The van der Waals surface area contributed by atoms with E-state index in [1.165, 1.54) is 0 Å². The zero-order valence-electron chi connectivity index (χ0n) is 16.0. The smallest absolute Gasteiger partial charge is 0.321 e. The van der Waals surface area contributed by atoms with Gasteiger partial charge in [-0.3, -0.25) is 9.67 Å². The molecule has 0 saturated carbocycles. The lowest BCUT2D eigenvalue weighted by molar-refractivity contribution is 0.168. The number of aryl methyl sites for hydroxylation is 1. The van der Waals surface area contributed by atoms with Crippen molar-refractivity contribution in [3.63, 3.8) is 0 Å². The van der Waals surface area contributed by atoms with E-state index in [-0.39, 0.29) is 6.03 Å². The summed E-state index contributed by atoms with van der Waals surface area (Å²) < 4.78 is 1.87. The third-order valence-electron chi connectivity index (χ3n) is 5.13. The number of nitrogens with zero attached hydrogens (tertiary/aromatic N) is 5. The number of rotatable bonds is 4. The van der Waals surface area contributed by atoms with Gasteiger partial charge in [0.1, 0.15) is 5.69 Å². The first-order valence-electron chi connectivity index (χ1n) is 9.61. The van der Waals surface area contributed by atoms with Crippen LogP contribution in [0.5, 0.6) is 0 Å². The van der Waals surface area contributed by atoms with Crippen molar-refractivity contribution in [1.29, 1.82) is 0 Å². The molecule has 4 rings (SSSR count). The highest BCUT2D eigenvalue weighted by Gasteiger charge is 2.24. The normalized spacial score (nSPS) is 16.8. The van der Waals surface area contributed by atoms with Gasteiger partial charge in [0.2, 0.25) is 0 Å². The molecule has 0 bridgehead atoms. The van der Waals surface area contributed by atoms with Gasteiger partial charge in [0.25, 0.3) is 0 Å². The average Bonchev–Trinajstić information content (AvgIpc) is 3.19. The molecular weight excluding hydrogens is 352 g/mol. The van der Waals surface area contributed by atoms with Crippen LogP contribution in [0, 0.1) is 12.8 Å². The fraction of sp³-hybridized carbons (Fsp3) is 0.333. The Morgan fingerprint density at radius 3 is 2.96 bits per heavy atom. The van der Waals surface area contributed by atoms with Gasteiger partial charge in [-0.25, -0.2) is 4.79 Å². The highest BCUT2D eigenvalue weighted by molar-refractivity contribution is 5.90. The van der Waals surface area contributed by atoms with Crippen LogP contribution >= 0.6 is 0 Å². The molecule has 1 aliphatic rings. The molecule has 0 radical (unpaired) electrons. The minimum Gasteiger partial charge on any atom is -0.324 e. The molecule has 28 heavy (non-hydrogen) atoms. The molecule has 3 aromatic rings. The Morgan fingerprint density at radius 1 is 1.25 bits per heavy atom. The first kappa shape index (κ1) is 18.2. The molecule has 2 aromatic heterocycles. The lowest BCUT2D eigenvalue weighted by Gasteiger charge is -2.32. The third kappa shape index (κ3) is 4.19. The summed E-state index contributed by atoms with van der Waals surface area (Å²) >= 11 is 0. The minimum atomic E-state index is -0.0337. The van der Waals surface area contributed by atoms with Gasteiger partial charge >= 0.3 is 6.03 Å². The first-order chi connectivity index (χ1) is 13.7. The summed E-state index contributed by atoms with van der Waals surface area (Å²) in [4.78, 5) is 18.7. The zero-order chi connectivity index (χ0) is 19.3. The highest BCUT2D eigenvalue weighted by atomic mass is 16.2. The summed E-state index contributed by atoms with van der Waals surface area (Å²) in [5.41, 5.74) is 3.71. The molecule has 1 N–H and O–H groups in total. The van der Waals surface area contributed by atoms with Crippen molar-refractivity contribution in [1.82, 2.24) is 24.9 Å².